The lowest BCUT2D eigenvalue weighted by atomic mass is 10.1. The third kappa shape index (κ3) is 2.48. The summed E-state index contributed by atoms with van der Waals surface area (Å²) in [6, 6.07) is 7.51. The van der Waals surface area contributed by atoms with Crippen molar-refractivity contribution in [2.45, 2.75) is 13.8 Å². The second kappa shape index (κ2) is 5.71. The van der Waals surface area contributed by atoms with E-state index in [1.54, 1.807) is 0 Å². The van der Waals surface area contributed by atoms with Crippen molar-refractivity contribution in [3.05, 3.63) is 36.1 Å². The topological polar surface area (TPSA) is 30.2 Å². The Hall–Kier alpha value is -1.09. The number of ketones is 1. The van der Waals surface area contributed by atoms with Gasteiger partial charge in [0.05, 0.1) is 10.9 Å². The molecule has 1 heterocycles. The molecule has 0 radical (unpaired) electrons. The van der Waals surface area contributed by atoms with Gasteiger partial charge in [0.2, 0.25) is 0 Å². The molecule has 2 aromatic rings. The third-order valence-corrected chi connectivity index (χ3v) is 2.41. The fourth-order valence-corrected chi connectivity index (χ4v) is 1.57. The number of hydrogen-bond acceptors (Lipinski definition) is 2. The van der Waals surface area contributed by atoms with Gasteiger partial charge in [0.25, 0.3) is 0 Å². The molecular formula is C12H13BrO2. The number of benzene rings is 1. The highest BCUT2D eigenvalue weighted by Crippen LogP contribution is 2.21. The van der Waals surface area contributed by atoms with Crippen molar-refractivity contribution in [1.82, 2.24) is 0 Å². The zero-order valence-electron chi connectivity index (χ0n) is 8.79. The van der Waals surface area contributed by atoms with Crippen molar-refractivity contribution in [1.29, 1.82) is 0 Å². The Kier molecular flexibility index (Phi) is 4.56. The molecule has 0 aliphatic heterocycles. The first-order valence-corrected chi connectivity index (χ1v) is 6.00. The predicted molar refractivity (Wildman–Crippen MR) is 65.7 cm³/mol. The maximum atomic E-state index is 11.4. The lowest BCUT2D eigenvalue weighted by Gasteiger charge is -1.90. The molecule has 0 atom stereocenters. The van der Waals surface area contributed by atoms with E-state index in [1.807, 2.05) is 38.1 Å². The average Bonchev–Trinajstić information content (AvgIpc) is 2.74. The maximum Gasteiger partial charge on any atom is 0.177 e. The smallest absolute Gasteiger partial charge is 0.177 e. The van der Waals surface area contributed by atoms with E-state index < -0.39 is 0 Å². The predicted octanol–water partition coefficient (Wildman–Crippen LogP) is 4.04. The minimum Gasteiger partial charge on any atom is -0.464 e. The summed E-state index contributed by atoms with van der Waals surface area (Å²) in [5.74, 6) is 0.0463. The summed E-state index contributed by atoms with van der Waals surface area (Å²) in [6.07, 6.45) is 1.51. The van der Waals surface area contributed by atoms with E-state index in [9.17, 15) is 4.79 Å². The Morgan fingerprint density at radius 1 is 1.33 bits per heavy atom. The Morgan fingerprint density at radius 3 is 2.67 bits per heavy atom. The Labute approximate surface area is 97.4 Å². The molecule has 0 unspecified atom stereocenters. The second-order valence-corrected chi connectivity index (χ2v) is 3.26. The van der Waals surface area contributed by atoms with Gasteiger partial charge in [0, 0.05) is 5.39 Å². The van der Waals surface area contributed by atoms with Crippen molar-refractivity contribution in [3.63, 3.8) is 0 Å². The van der Waals surface area contributed by atoms with Crippen LogP contribution >= 0.6 is 15.9 Å². The van der Waals surface area contributed by atoms with Gasteiger partial charge in [-0.1, -0.05) is 48.0 Å². The van der Waals surface area contributed by atoms with Crippen LogP contribution in [0.25, 0.3) is 11.0 Å². The Balaban J connectivity index is 0.000000531. The van der Waals surface area contributed by atoms with Gasteiger partial charge in [0.15, 0.2) is 5.78 Å². The molecule has 0 N–H and O–H groups in total. The second-order valence-electron chi connectivity index (χ2n) is 2.70. The summed E-state index contributed by atoms with van der Waals surface area (Å²) in [5, 5.41) is 1.21. The molecule has 0 aliphatic rings. The fourth-order valence-electron chi connectivity index (χ4n) is 1.27. The van der Waals surface area contributed by atoms with Gasteiger partial charge in [0.1, 0.15) is 11.8 Å². The number of carbonyl (C=O) groups is 1. The monoisotopic (exact) mass is 268 g/mol. The maximum absolute atomic E-state index is 11.4. The summed E-state index contributed by atoms with van der Waals surface area (Å²) in [4.78, 5) is 11.4. The average molecular weight is 269 g/mol. The van der Waals surface area contributed by atoms with Crippen molar-refractivity contribution >= 4 is 32.7 Å². The first kappa shape index (κ1) is 12.0. The number of rotatable bonds is 2. The molecule has 2 nitrogen and oxygen atoms in total. The highest BCUT2D eigenvalue weighted by molar-refractivity contribution is 9.09. The molecular weight excluding hydrogens is 256 g/mol. The number of alkyl halides is 1. The summed E-state index contributed by atoms with van der Waals surface area (Å²) in [6.45, 7) is 4.00. The van der Waals surface area contributed by atoms with E-state index in [0.717, 1.165) is 11.0 Å². The number of halogens is 1. The molecule has 0 bridgehead atoms. The van der Waals surface area contributed by atoms with E-state index in [0.29, 0.717) is 10.9 Å². The van der Waals surface area contributed by atoms with Crippen LogP contribution in [0.2, 0.25) is 0 Å². The van der Waals surface area contributed by atoms with Crippen LogP contribution in [0.5, 0.6) is 0 Å². The van der Waals surface area contributed by atoms with Crippen LogP contribution < -0.4 is 0 Å². The van der Waals surface area contributed by atoms with Gasteiger partial charge in [-0.2, -0.15) is 0 Å². The van der Waals surface area contributed by atoms with Crippen LogP contribution in [0.15, 0.2) is 34.9 Å². The number of Topliss-reactive ketones (excluding diaryl/α,β-unsaturated/α-hetero) is 1. The molecule has 0 amide bonds. The van der Waals surface area contributed by atoms with Crippen molar-refractivity contribution in [2.75, 3.05) is 5.33 Å². The minimum atomic E-state index is 0.0463. The van der Waals surface area contributed by atoms with Gasteiger partial charge in [-0.15, -0.1) is 0 Å². The highest BCUT2D eigenvalue weighted by atomic mass is 79.9. The van der Waals surface area contributed by atoms with Gasteiger partial charge < -0.3 is 4.42 Å². The number of hydrogen-bond donors (Lipinski definition) is 0. The number of furan rings is 1. The van der Waals surface area contributed by atoms with E-state index >= 15 is 0 Å². The molecule has 0 aliphatic carbocycles. The largest absolute Gasteiger partial charge is 0.464 e. The molecule has 0 fully saturated rings. The molecule has 3 heteroatoms. The van der Waals surface area contributed by atoms with Crippen LogP contribution in [-0.4, -0.2) is 11.1 Å². The van der Waals surface area contributed by atoms with Gasteiger partial charge in [-0.3, -0.25) is 4.79 Å². The van der Waals surface area contributed by atoms with E-state index in [1.165, 1.54) is 6.26 Å². The van der Waals surface area contributed by atoms with Gasteiger partial charge in [-0.25, -0.2) is 0 Å². The molecule has 2 rings (SSSR count). The highest BCUT2D eigenvalue weighted by Gasteiger charge is 2.11. The molecule has 15 heavy (non-hydrogen) atoms. The zero-order chi connectivity index (χ0) is 11.3. The fraction of sp³-hybridized carbons (Fsp3) is 0.250. The first-order chi connectivity index (χ1) is 7.33. The van der Waals surface area contributed by atoms with Crippen LogP contribution in [0.3, 0.4) is 0 Å². The first-order valence-electron chi connectivity index (χ1n) is 4.88. The normalized spacial score (nSPS) is 9.53. The molecule has 1 aromatic heterocycles. The van der Waals surface area contributed by atoms with Crippen molar-refractivity contribution in [2.24, 2.45) is 0 Å². The van der Waals surface area contributed by atoms with Gasteiger partial charge >= 0.3 is 0 Å². The molecule has 0 saturated heterocycles. The number of para-hydroxylation sites is 1. The van der Waals surface area contributed by atoms with Crippen molar-refractivity contribution in [3.8, 4) is 0 Å². The summed E-state index contributed by atoms with van der Waals surface area (Å²) >= 11 is 3.13. The quantitative estimate of drug-likeness (QED) is 0.608. The van der Waals surface area contributed by atoms with E-state index in [2.05, 4.69) is 15.9 Å². The number of fused-ring (bicyclic) bond motifs is 1. The van der Waals surface area contributed by atoms with E-state index in [4.69, 9.17) is 4.42 Å². The summed E-state index contributed by atoms with van der Waals surface area (Å²) in [7, 11) is 0. The minimum absolute atomic E-state index is 0.0463. The standard InChI is InChI=1S/C10H7BrO2.C2H6/c11-5-9(12)8-6-13-10-4-2-1-3-7(8)10;1-2/h1-4,6H,5H2;1-2H3. The molecule has 80 valence electrons. The lowest BCUT2D eigenvalue weighted by molar-refractivity contribution is 0.102. The lowest BCUT2D eigenvalue weighted by Crippen LogP contribution is -1.97. The van der Waals surface area contributed by atoms with Crippen molar-refractivity contribution < 1.29 is 9.21 Å². The SMILES string of the molecule is CC.O=C(CBr)c1coc2ccccc12. The Morgan fingerprint density at radius 2 is 2.00 bits per heavy atom. The summed E-state index contributed by atoms with van der Waals surface area (Å²) < 4.78 is 5.23. The van der Waals surface area contributed by atoms with Gasteiger partial charge in [-0.05, 0) is 6.07 Å². The molecule has 0 saturated carbocycles. The zero-order valence-corrected chi connectivity index (χ0v) is 10.4. The molecule has 1 aromatic carbocycles. The summed E-state index contributed by atoms with van der Waals surface area (Å²) in [5.41, 5.74) is 1.40. The molecule has 0 spiro atoms. The van der Waals surface area contributed by atoms with Crippen LogP contribution in [0.1, 0.15) is 24.2 Å². The van der Waals surface area contributed by atoms with Crippen LogP contribution in [0.4, 0.5) is 0 Å². The number of carbonyl (C=O) groups excluding carboxylic acids is 1. The van der Waals surface area contributed by atoms with Crippen LogP contribution in [0, 0.1) is 0 Å². The Bertz CT molecular complexity index is 446. The van der Waals surface area contributed by atoms with E-state index in [-0.39, 0.29) is 5.78 Å². The third-order valence-electron chi connectivity index (χ3n) is 1.90. The van der Waals surface area contributed by atoms with Crippen LogP contribution in [-0.2, 0) is 0 Å².